The average molecular weight is 350 g/mol. The number of rotatable bonds is 2. The fourth-order valence-corrected chi connectivity index (χ4v) is 2.83. The molecule has 1 amide bonds. The van der Waals surface area contributed by atoms with Crippen molar-refractivity contribution in [2.75, 3.05) is 0 Å². The average Bonchev–Trinajstić information content (AvgIpc) is 2.40. The first-order chi connectivity index (χ1) is 9.36. The Morgan fingerprint density at radius 3 is 2.45 bits per heavy atom. The van der Waals surface area contributed by atoms with Crippen molar-refractivity contribution in [3.8, 4) is 0 Å². The molecule has 1 aliphatic rings. The van der Waals surface area contributed by atoms with Crippen molar-refractivity contribution >= 4 is 21.8 Å². The number of benzene rings is 1. The van der Waals surface area contributed by atoms with Crippen LogP contribution < -0.4 is 5.32 Å². The molecule has 1 aromatic rings. The van der Waals surface area contributed by atoms with E-state index in [9.17, 15) is 18.0 Å². The zero-order valence-corrected chi connectivity index (χ0v) is 12.3. The van der Waals surface area contributed by atoms with Crippen LogP contribution in [0.5, 0.6) is 0 Å². The van der Waals surface area contributed by atoms with Crippen molar-refractivity contribution in [3.63, 3.8) is 0 Å². The van der Waals surface area contributed by atoms with Crippen LogP contribution in [0.4, 0.5) is 13.2 Å². The SMILES string of the molecule is O=C(NC1CCC(Br)CC1)c1cccc(C(F)(F)F)c1. The number of nitrogens with one attached hydrogen (secondary N) is 1. The van der Waals surface area contributed by atoms with E-state index in [4.69, 9.17) is 0 Å². The van der Waals surface area contributed by atoms with Crippen LogP contribution in [0.15, 0.2) is 24.3 Å². The molecule has 0 heterocycles. The Morgan fingerprint density at radius 1 is 1.20 bits per heavy atom. The molecule has 0 unspecified atom stereocenters. The van der Waals surface area contributed by atoms with Crippen LogP contribution in [0.3, 0.4) is 0 Å². The zero-order valence-electron chi connectivity index (χ0n) is 10.7. The van der Waals surface area contributed by atoms with Gasteiger partial charge >= 0.3 is 6.18 Å². The van der Waals surface area contributed by atoms with E-state index in [0.29, 0.717) is 4.83 Å². The fourth-order valence-electron chi connectivity index (χ4n) is 2.30. The van der Waals surface area contributed by atoms with E-state index in [1.807, 2.05) is 0 Å². The lowest BCUT2D eigenvalue weighted by Gasteiger charge is -2.26. The molecule has 0 aliphatic heterocycles. The maximum Gasteiger partial charge on any atom is 0.416 e. The van der Waals surface area contributed by atoms with Crippen LogP contribution in [-0.4, -0.2) is 16.8 Å². The summed E-state index contributed by atoms with van der Waals surface area (Å²) in [4.78, 5) is 12.5. The lowest BCUT2D eigenvalue weighted by molar-refractivity contribution is -0.137. The number of carbonyl (C=O) groups is 1. The van der Waals surface area contributed by atoms with E-state index in [2.05, 4.69) is 21.2 Å². The first-order valence-electron chi connectivity index (χ1n) is 6.48. The van der Waals surface area contributed by atoms with Gasteiger partial charge in [0.25, 0.3) is 5.91 Å². The van der Waals surface area contributed by atoms with Crippen molar-refractivity contribution in [3.05, 3.63) is 35.4 Å². The molecule has 0 saturated heterocycles. The van der Waals surface area contributed by atoms with Crippen LogP contribution in [0.25, 0.3) is 0 Å². The first kappa shape index (κ1) is 15.4. The Balaban J connectivity index is 2.02. The van der Waals surface area contributed by atoms with Gasteiger partial charge in [-0.2, -0.15) is 13.2 Å². The van der Waals surface area contributed by atoms with E-state index in [0.717, 1.165) is 37.8 Å². The summed E-state index contributed by atoms with van der Waals surface area (Å²) in [7, 11) is 0. The van der Waals surface area contributed by atoms with Crippen LogP contribution in [-0.2, 0) is 6.18 Å². The number of hydrogen-bond donors (Lipinski definition) is 1. The Kier molecular flexibility index (Phi) is 4.73. The van der Waals surface area contributed by atoms with Gasteiger partial charge in [0.1, 0.15) is 0 Å². The minimum Gasteiger partial charge on any atom is -0.349 e. The molecule has 0 bridgehead atoms. The maximum atomic E-state index is 12.6. The summed E-state index contributed by atoms with van der Waals surface area (Å²) in [6, 6.07) is 4.57. The molecule has 1 aliphatic carbocycles. The number of carbonyl (C=O) groups excluding carboxylic acids is 1. The summed E-state index contributed by atoms with van der Waals surface area (Å²) in [5.74, 6) is -0.436. The van der Waals surface area contributed by atoms with Gasteiger partial charge in [-0.25, -0.2) is 0 Å². The van der Waals surface area contributed by atoms with Gasteiger partial charge in [0, 0.05) is 16.4 Å². The minimum absolute atomic E-state index is 0.0471. The summed E-state index contributed by atoms with van der Waals surface area (Å²) < 4.78 is 37.8. The van der Waals surface area contributed by atoms with E-state index in [1.54, 1.807) is 0 Å². The van der Waals surface area contributed by atoms with Crippen molar-refractivity contribution < 1.29 is 18.0 Å². The van der Waals surface area contributed by atoms with Crippen molar-refractivity contribution in [1.82, 2.24) is 5.32 Å². The highest BCUT2D eigenvalue weighted by atomic mass is 79.9. The van der Waals surface area contributed by atoms with Gasteiger partial charge in [-0.1, -0.05) is 22.0 Å². The van der Waals surface area contributed by atoms with Crippen molar-refractivity contribution in [1.29, 1.82) is 0 Å². The van der Waals surface area contributed by atoms with E-state index >= 15 is 0 Å². The van der Waals surface area contributed by atoms with Crippen LogP contribution in [0, 0.1) is 0 Å². The highest BCUT2D eigenvalue weighted by Gasteiger charge is 2.31. The number of amides is 1. The topological polar surface area (TPSA) is 29.1 Å². The molecule has 0 spiro atoms. The number of hydrogen-bond acceptors (Lipinski definition) is 1. The Labute approximate surface area is 123 Å². The molecule has 2 nitrogen and oxygen atoms in total. The second kappa shape index (κ2) is 6.16. The molecule has 1 saturated carbocycles. The largest absolute Gasteiger partial charge is 0.416 e. The van der Waals surface area contributed by atoms with E-state index < -0.39 is 17.6 Å². The molecule has 1 N–H and O–H groups in total. The Bertz CT molecular complexity index is 482. The summed E-state index contributed by atoms with van der Waals surface area (Å²) >= 11 is 3.52. The molecule has 6 heteroatoms. The number of alkyl halides is 4. The van der Waals surface area contributed by atoms with Gasteiger partial charge < -0.3 is 5.32 Å². The van der Waals surface area contributed by atoms with E-state index in [-0.39, 0.29) is 11.6 Å². The van der Waals surface area contributed by atoms with Gasteiger partial charge in [-0.05, 0) is 43.9 Å². The Morgan fingerprint density at radius 2 is 1.85 bits per heavy atom. The van der Waals surface area contributed by atoms with E-state index in [1.165, 1.54) is 12.1 Å². The summed E-state index contributed by atoms with van der Waals surface area (Å²) in [5, 5.41) is 2.81. The maximum absolute atomic E-state index is 12.6. The van der Waals surface area contributed by atoms with Gasteiger partial charge in [-0.3, -0.25) is 4.79 Å². The lowest BCUT2D eigenvalue weighted by Crippen LogP contribution is -2.37. The fraction of sp³-hybridized carbons (Fsp3) is 0.500. The molecular formula is C14H15BrF3NO. The quantitative estimate of drug-likeness (QED) is 0.798. The van der Waals surface area contributed by atoms with Gasteiger partial charge in [0.05, 0.1) is 5.56 Å². The zero-order chi connectivity index (χ0) is 14.8. The second-order valence-corrected chi connectivity index (χ2v) is 6.30. The normalized spacial score (nSPS) is 23.4. The molecule has 0 atom stereocenters. The predicted octanol–water partition coefficient (Wildman–Crippen LogP) is 4.14. The summed E-state index contributed by atoms with van der Waals surface area (Å²) in [6.07, 6.45) is -0.799. The predicted molar refractivity (Wildman–Crippen MR) is 73.9 cm³/mol. The van der Waals surface area contributed by atoms with Gasteiger partial charge in [0.2, 0.25) is 0 Å². The monoisotopic (exact) mass is 349 g/mol. The molecule has 2 rings (SSSR count). The van der Waals surface area contributed by atoms with Crippen molar-refractivity contribution in [2.45, 2.75) is 42.7 Å². The van der Waals surface area contributed by atoms with Gasteiger partial charge in [0.15, 0.2) is 0 Å². The van der Waals surface area contributed by atoms with Crippen LogP contribution in [0.1, 0.15) is 41.6 Å². The molecular weight excluding hydrogens is 335 g/mol. The summed E-state index contributed by atoms with van der Waals surface area (Å²) in [5.41, 5.74) is -0.741. The molecule has 0 aromatic heterocycles. The lowest BCUT2D eigenvalue weighted by atomic mass is 9.95. The number of halogens is 4. The molecule has 20 heavy (non-hydrogen) atoms. The molecule has 0 radical (unpaired) electrons. The van der Waals surface area contributed by atoms with Crippen molar-refractivity contribution in [2.24, 2.45) is 0 Å². The third-order valence-corrected chi connectivity index (χ3v) is 4.36. The highest BCUT2D eigenvalue weighted by molar-refractivity contribution is 9.09. The van der Waals surface area contributed by atoms with Crippen LogP contribution in [0.2, 0.25) is 0 Å². The highest BCUT2D eigenvalue weighted by Crippen LogP contribution is 2.29. The third kappa shape index (κ3) is 3.98. The van der Waals surface area contributed by atoms with Crippen LogP contribution >= 0.6 is 15.9 Å². The molecule has 1 fully saturated rings. The second-order valence-electron chi connectivity index (χ2n) is 5.00. The molecule has 110 valence electrons. The first-order valence-corrected chi connectivity index (χ1v) is 7.40. The minimum atomic E-state index is -4.43. The smallest absolute Gasteiger partial charge is 0.349 e. The summed E-state index contributed by atoms with van der Waals surface area (Å²) in [6.45, 7) is 0. The Hall–Kier alpha value is -1.04. The third-order valence-electron chi connectivity index (χ3n) is 3.44. The molecule has 1 aromatic carbocycles. The standard InChI is InChI=1S/C14H15BrF3NO/c15-11-4-6-12(7-5-11)19-13(20)9-2-1-3-10(8-9)14(16,17)18/h1-3,8,11-12H,4-7H2,(H,19,20). The van der Waals surface area contributed by atoms with Gasteiger partial charge in [-0.15, -0.1) is 0 Å².